The van der Waals surface area contributed by atoms with Crippen LogP contribution in [0.4, 0.5) is 25.0 Å². The maximum absolute atomic E-state index is 14.6. The van der Waals surface area contributed by atoms with Gasteiger partial charge in [0, 0.05) is 31.4 Å². The number of anilines is 2. The number of alkyl halides is 1. The fraction of sp³-hybridized carbons (Fsp3) is 0.588. The van der Waals surface area contributed by atoms with Gasteiger partial charge in [-0.15, -0.1) is 0 Å². The Balaban J connectivity index is 1.61. The van der Waals surface area contributed by atoms with Gasteiger partial charge in [-0.25, -0.2) is 22.0 Å². The van der Waals surface area contributed by atoms with E-state index in [1.54, 1.807) is 12.1 Å². The molecule has 8 nitrogen and oxygen atoms in total. The minimum atomic E-state index is -4.39. The van der Waals surface area contributed by atoms with Crippen LogP contribution < -0.4 is 9.80 Å². The van der Waals surface area contributed by atoms with Gasteiger partial charge in [-0.3, -0.25) is 9.80 Å². The van der Waals surface area contributed by atoms with Gasteiger partial charge >= 0.3 is 6.09 Å². The lowest BCUT2D eigenvalue weighted by atomic mass is 10.1. The SMILES string of the molecule is CN(CCF)C1CN(c2ccc(N3C[C@@H](CCS(=O)(=O)[O-])OC3=O)cc2F)C1. The number of likely N-dealkylation sites (N-methyl/N-ethyl adjacent to an activating group) is 1. The summed E-state index contributed by atoms with van der Waals surface area (Å²) in [5, 5.41) is 0. The second-order valence-electron chi connectivity index (χ2n) is 7.03. The number of amides is 1. The fourth-order valence-electron chi connectivity index (χ4n) is 3.33. The van der Waals surface area contributed by atoms with E-state index in [1.807, 2.05) is 16.8 Å². The fourth-order valence-corrected chi connectivity index (χ4v) is 3.88. The van der Waals surface area contributed by atoms with E-state index in [2.05, 4.69) is 0 Å². The summed E-state index contributed by atoms with van der Waals surface area (Å²) in [6, 6.07) is 4.55. The van der Waals surface area contributed by atoms with E-state index in [1.165, 1.54) is 11.0 Å². The smallest absolute Gasteiger partial charge is 0.414 e. The summed E-state index contributed by atoms with van der Waals surface area (Å²) in [6.45, 7) is 1.14. The van der Waals surface area contributed by atoms with Crippen molar-refractivity contribution in [1.82, 2.24) is 4.90 Å². The van der Waals surface area contributed by atoms with Gasteiger partial charge in [0.2, 0.25) is 0 Å². The molecule has 2 aliphatic heterocycles. The third-order valence-electron chi connectivity index (χ3n) is 5.07. The van der Waals surface area contributed by atoms with E-state index in [0.717, 1.165) is 0 Å². The van der Waals surface area contributed by atoms with Gasteiger partial charge in [0.05, 0.1) is 28.0 Å². The van der Waals surface area contributed by atoms with Gasteiger partial charge in [-0.05, 0) is 31.7 Å². The maximum atomic E-state index is 14.6. The van der Waals surface area contributed by atoms with E-state index in [9.17, 15) is 26.5 Å². The first kappa shape index (κ1) is 20.7. The number of hydrogen-bond donors (Lipinski definition) is 0. The first-order chi connectivity index (χ1) is 13.2. The van der Waals surface area contributed by atoms with Crippen LogP contribution in [0.5, 0.6) is 0 Å². The van der Waals surface area contributed by atoms with Crippen molar-refractivity contribution in [2.24, 2.45) is 0 Å². The molecule has 0 saturated carbocycles. The molecule has 0 aromatic heterocycles. The zero-order chi connectivity index (χ0) is 20.5. The summed E-state index contributed by atoms with van der Waals surface area (Å²) < 4.78 is 64.2. The molecule has 1 aromatic carbocycles. The highest BCUT2D eigenvalue weighted by atomic mass is 32.2. The minimum Gasteiger partial charge on any atom is -0.748 e. The topological polar surface area (TPSA) is 93.2 Å². The van der Waals surface area contributed by atoms with E-state index < -0.39 is 40.6 Å². The Bertz CT molecular complexity index is 832. The normalized spacial score (nSPS) is 20.6. The van der Waals surface area contributed by atoms with Gasteiger partial charge in [0.25, 0.3) is 0 Å². The number of carbonyl (C=O) groups is 1. The van der Waals surface area contributed by atoms with Crippen LogP contribution in [0.15, 0.2) is 18.2 Å². The predicted octanol–water partition coefficient (Wildman–Crippen LogP) is 1.18. The third kappa shape index (κ3) is 4.70. The quantitative estimate of drug-likeness (QED) is 0.585. The van der Waals surface area contributed by atoms with E-state index in [-0.39, 0.29) is 19.0 Å². The summed E-state index contributed by atoms with van der Waals surface area (Å²) in [4.78, 5) is 16.9. The van der Waals surface area contributed by atoms with Crippen molar-refractivity contribution in [3.8, 4) is 0 Å². The lowest BCUT2D eigenvalue weighted by molar-refractivity contribution is 0.139. The summed E-state index contributed by atoms with van der Waals surface area (Å²) in [6.07, 6.45) is -1.55. The molecule has 3 rings (SSSR count). The Morgan fingerprint density at radius 2 is 2.04 bits per heavy atom. The van der Waals surface area contributed by atoms with Crippen LogP contribution in [-0.2, 0) is 14.9 Å². The van der Waals surface area contributed by atoms with Gasteiger partial charge in [0.1, 0.15) is 18.6 Å². The number of carbonyl (C=O) groups excluding carboxylic acids is 1. The lowest BCUT2D eigenvalue weighted by Gasteiger charge is -2.45. The third-order valence-corrected chi connectivity index (χ3v) is 5.81. The molecule has 1 aromatic rings. The van der Waals surface area contributed by atoms with Crippen molar-refractivity contribution >= 4 is 27.6 Å². The zero-order valence-corrected chi connectivity index (χ0v) is 16.2. The Hall–Kier alpha value is -1.98. The van der Waals surface area contributed by atoms with E-state index >= 15 is 0 Å². The monoisotopic (exact) mass is 418 g/mol. The highest BCUT2D eigenvalue weighted by Gasteiger charge is 2.34. The van der Waals surface area contributed by atoms with E-state index in [0.29, 0.717) is 31.0 Å². The minimum absolute atomic E-state index is 0.0486. The molecular weight excluding hydrogens is 396 g/mol. The molecule has 156 valence electrons. The molecule has 1 amide bonds. The van der Waals surface area contributed by atoms with Gasteiger partial charge in [-0.2, -0.15) is 0 Å². The van der Waals surface area contributed by atoms with Crippen LogP contribution in [0.1, 0.15) is 6.42 Å². The molecular formula is C17H22F2N3O5S-. The number of nitrogens with zero attached hydrogens (tertiary/aromatic N) is 3. The second-order valence-corrected chi connectivity index (χ2v) is 8.55. The largest absolute Gasteiger partial charge is 0.748 e. The Morgan fingerprint density at radius 3 is 2.64 bits per heavy atom. The van der Waals surface area contributed by atoms with Crippen LogP contribution >= 0.6 is 0 Å². The summed E-state index contributed by atoms with van der Waals surface area (Å²) in [5.41, 5.74) is 0.695. The number of hydrogen-bond acceptors (Lipinski definition) is 7. The average molecular weight is 418 g/mol. The molecule has 11 heteroatoms. The van der Waals surface area contributed by atoms with Crippen molar-refractivity contribution in [3.05, 3.63) is 24.0 Å². The molecule has 2 fully saturated rings. The second kappa shape index (κ2) is 8.18. The molecule has 0 bridgehead atoms. The van der Waals surface area contributed by atoms with Crippen molar-refractivity contribution in [2.75, 3.05) is 55.5 Å². The average Bonchev–Trinajstić information content (AvgIpc) is 2.94. The summed E-state index contributed by atoms with van der Waals surface area (Å²) in [5.74, 6) is -1.12. The Labute approximate surface area is 162 Å². The summed E-state index contributed by atoms with van der Waals surface area (Å²) in [7, 11) is -2.57. The van der Waals surface area contributed by atoms with Crippen molar-refractivity contribution in [3.63, 3.8) is 0 Å². The Morgan fingerprint density at radius 1 is 1.32 bits per heavy atom. The first-order valence-corrected chi connectivity index (χ1v) is 10.5. The molecule has 0 spiro atoms. The standard InChI is InChI=1S/C17H23F2N3O5S/c1-20(6-5-18)13-9-21(10-13)16-3-2-12(8-15(16)19)22-11-14(27-17(22)23)4-7-28(24,25)26/h2-3,8,13-14H,4-7,9-11H2,1H3,(H,24,25,26)/p-1/t14-/m1/s1. The first-order valence-electron chi connectivity index (χ1n) is 8.90. The molecule has 0 radical (unpaired) electrons. The molecule has 0 unspecified atom stereocenters. The number of cyclic esters (lactones) is 1. The predicted molar refractivity (Wildman–Crippen MR) is 97.8 cm³/mol. The van der Waals surface area contributed by atoms with Crippen LogP contribution in [0, 0.1) is 5.82 Å². The van der Waals surface area contributed by atoms with Crippen molar-refractivity contribution in [2.45, 2.75) is 18.6 Å². The zero-order valence-electron chi connectivity index (χ0n) is 15.4. The molecule has 28 heavy (non-hydrogen) atoms. The Kier molecular flexibility index (Phi) is 6.06. The number of halogens is 2. The van der Waals surface area contributed by atoms with Gasteiger partial charge < -0.3 is 14.2 Å². The number of benzene rings is 1. The highest BCUT2D eigenvalue weighted by Crippen LogP contribution is 2.31. The molecule has 2 heterocycles. The summed E-state index contributed by atoms with van der Waals surface area (Å²) >= 11 is 0. The molecule has 2 aliphatic rings. The molecule has 1 atom stereocenters. The molecule has 0 N–H and O–H groups in total. The van der Waals surface area contributed by atoms with Gasteiger partial charge in [-0.1, -0.05) is 0 Å². The molecule has 0 aliphatic carbocycles. The maximum Gasteiger partial charge on any atom is 0.414 e. The highest BCUT2D eigenvalue weighted by molar-refractivity contribution is 7.85. The number of rotatable bonds is 8. The van der Waals surface area contributed by atoms with Crippen LogP contribution in [0.2, 0.25) is 0 Å². The van der Waals surface area contributed by atoms with Crippen LogP contribution in [-0.4, -0.2) is 81.8 Å². The van der Waals surface area contributed by atoms with Crippen molar-refractivity contribution < 1.29 is 31.3 Å². The lowest BCUT2D eigenvalue weighted by Crippen LogP contribution is -2.59. The van der Waals surface area contributed by atoms with Crippen molar-refractivity contribution in [1.29, 1.82) is 0 Å². The van der Waals surface area contributed by atoms with Crippen LogP contribution in [0.25, 0.3) is 0 Å². The number of ether oxygens (including phenoxy) is 1. The van der Waals surface area contributed by atoms with E-state index in [4.69, 9.17) is 4.74 Å². The molecule has 2 saturated heterocycles. The van der Waals surface area contributed by atoms with Crippen LogP contribution in [0.3, 0.4) is 0 Å². The van der Waals surface area contributed by atoms with Gasteiger partial charge in [0.15, 0.2) is 0 Å².